The molecule has 4 heterocycles. The van der Waals surface area contributed by atoms with Gasteiger partial charge in [-0.2, -0.15) is 0 Å². The average molecular weight is 708 g/mol. The fourth-order valence-electron chi connectivity index (χ4n) is 8.41. The Balaban J connectivity index is 1.16. The van der Waals surface area contributed by atoms with Crippen LogP contribution in [0.15, 0.2) is 189 Å². The molecular formula is C49H29N3O3. The molecule has 0 saturated carbocycles. The number of hydrogen-bond donors (Lipinski definition) is 0. The predicted octanol–water partition coefficient (Wildman–Crippen LogP) is 13.9. The van der Waals surface area contributed by atoms with Gasteiger partial charge in [-0.1, -0.05) is 91.0 Å². The molecule has 0 bridgehead atoms. The summed E-state index contributed by atoms with van der Waals surface area (Å²) in [5, 5.41) is 6.43. The number of oxazole rings is 1. The molecule has 0 aliphatic carbocycles. The molecule has 0 spiro atoms. The van der Waals surface area contributed by atoms with Crippen LogP contribution in [-0.4, -0.2) is 9.55 Å². The number of fused-ring (bicyclic) bond motifs is 10. The Morgan fingerprint density at radius 3 is 2.00 bits per heavy atom. The van der Waals surface area contributed by atoms with Crippen LogP contribution in [0, 0.1) is 0 Å². The van der Waals surface area contributed by atoms with Gasteiger partial charge < -0.3 is 22.7 Å². The fraction of sp³-hybridized carbons (Fsp3) is 0. The van der Waals surface area contributed by atoms with Gasteiger partial charge >= 0.3 is 0 Å². The molecule has 0 unspecified atom stereocenters. The molecule has 55 heavy (non-hydrogen) atoms. The molecule has 0 saturated heterocycles. The fourth-order valence-corrected chi connectivity index (χ4v) is 8.41. The highest BCUT2D eigenvalue weighted by atomic mass is 16.4. The summed E-state index contributed by atoms with van der Waals surface area (Å²) in [6.07, 6.45) is 0. The van der Waals surface area contributed by atoms with Crippen molar-refractivity contribution in [2.24, 2.45) is 0 Å². The Bertz CT molecular complexity index is 3440. The minimum Gasteiger partial charge on any atom is -0.456 e. The zero-order chi connectivity index (χ0) is 36.0. The van der Waals surface area contributed by atoms with Gasteiger partial charge in [0.2, 0.25) is 5.89 Å². The van der Waals surface area contributed by atoms with Crippen molar-refractivity contribution in [2.45, 2.75) is 0 Å². The number of anilines is 3. The second-order valence-corrected chi connectivity index (χ2v) is 13.9. The summed E-state index contributed by atoms with van der Waals surface area (Å²) in [6, 6.07) is 61.0. The second-order valence-electron chi connectivity index (χ2n) is 13.9. The minimum atomic E-state index is 0.585. The van der Waals surface area contributed by atoms with Crippen LogP contribution in [0.3, 0.4) is 0 Å². The van der Waals surface area contributed by atoms with E-state index >= 15 is 0 Å². The van der Waals surface area contributed by atoms with Crippen LogP contribution in [0.1, 0.15) is 0 Å². The summed E-state index contributed by atoms with van der Waals surface area (Å²) in [6.45, 7) is 0. The third-order valence-electron chi connectivity index (χ3n) is 10.8. The van der Waals surface area contributed by atoms with Gasteiger partial charge in [-0.05, 0) is 78.9 Å². The molecule has 0 N–H and O–H groups in total. The molecule has 12 aromatic rings. The van der Waals surface area contributed by atoms with E-state index in [1.807, 2.05) is 48.5 Å². The lowest BCUT2D eigenvalue weighted by Gasteiger charge is -2.28. The second kappa shape index (κ2) is 11.5. The van der Waals surface area contributed by atoms with Crippen LogP contribution >= 0.6 is 0 Å². The zero-order valence-electron chi connectivity index (χ0n) is 29.3. The van der Waals surface area contributed by atoms with Crippen molar-refractivity contribution in [3.05, 3.63) is 176 Å². The van der Waals surface area contributed by atoms with Gasteiger partial charge in [0.1, 0.15) is 27.8 Å². The van der Waals surface area contributed by atoms with Crippen LogP contribution in [0.5, 0.6) is 0 Å². The van der Waals surface area contributed by atoms with Crippen LogP contribution in [0.25, 0.3) is 93.9 Å². The SMILES string of the molecule is c1ccc(-c2nc3cc4c(cc3o2)oc2ccc(N(c3cccc5oc6ccccc6c35)c3cccc5c6ccccc6n(-c6ccccc6)c35)cc24)cc1. The van der Waals surface area contributed by atoms with Gasteiger partial charge in [0.25, 0.3) is 0 Å². The quantitative estimate of drug-likeness (QED) is 0.178. The van der Waals surface area contributed by atoms with Crippen LogP contribution in [0.2, 0.25) is 0 Å². The molecule has 0 amide bonds. The van der Waals surface area contributed by atoms with Gasteiger partial charge in [-0.3, -0.25) is 0 Å². The van der Waals surface area contributed by atoms with Crippen LogP contribution < -0.4 is 4.90 Å². The maximum absolute atomic E-state index is 6.50. The van der Waals surface area contributed by atoms with E-state index in [2.05, 4.69) is 137 Å². The number of hydrogen-bond acceptors (Lipinski definition) is 5. The van der Waals surface area contributed by atoms with Gasteiger partial charge in [-0.25, -0.2) is 4.98 Å². The number of para-hydroxylation sites is 4. The first-order chi connectivity index (χ1) is 27.3. The number of furan rings is 2. The van der Waals surface area contributed by atoms with E-state index in [4.69, 9.17) is 18.2 Å². The van der Waals surface area contributed by atoms with E-state index in [-0.39, 0.29) is 0 Å². The van der Waals surface area contributed by atoms with E-state index in [0.717, 1.165) is 88.7 Å². The number of aromatic nitrogens is 2. The summed E-state index contributed by atoms with van der Waals surface area (Å²) in [7, 11) is 0. The molecule has 0 fully saturated rings. The standard InChI is InChI=1S/C49H29N3O3/c1-3-13-30(14-4-1)49-50-38-28-37-36-27-32(25-26-43(36)54-45(37)29-46(38)55-49)51(40-21-12-24-44-47(40)35-18-8-10-23-42(35)53-44)41-22-11-19-34-33-17-7-9-20-39(33)52(48(34)41)31-15-5-2-6-16-31/h1-29H. The van der Waals surface area contributed by atoms with Crippen molar-refractivity contribution in [1.29, 1.82) is 0 Å². The Morgan fingerprint density at radius 1 is 0.436 bits per heavy atom. The zero-order valence-corrected chi connectivity index (χ0v) is 29.3. The molecule has 4 aromatic heterocycles. The van der Waals surface area contributed by atoms with Crippen molar-refractivity contribution in [1.82, 2.24) is 9.55 Å². The Morgan fingerprint density at radius 2 is 1.11 bits per heavy atom. The van der Waals surface area contributed by atoms with Crippen molar-refractivity contribution >= 4 is 93.8 Å². The molecule has 0 atom stereocenters. The molecule has 0 radical (unpaired) electrons. The van der Waals surface area contributed by atoms with Crippen molar-refractivity contribution in [3.8, 4) is 17.1 Å². The molecule has 0 aliphatic heterocycles. The van der Waals surface area contributed by atoms with Gasteiger partial charge in [0.15, 0.2) is 5.58 Å². The highest BCUT2D eigenvalue weighted by molar-refractivity contribution is 6.18. The Hall–Kier alpha value is -7.57. The van der Waals surface area contributed by atoms with Crippen molar-refractivity contribution < 1.29 is 13.3 Å². The summed E-state index contributed by atoms with van der Waals surface area (Å²) >= 11 is 0. The number of nitrogens with zero attached hydrogens (tertiary/aromatic N) is 3. The summed E-state index contributed by atoms with van der Waals surface area (Å²) < 4.78 is 21.6. The van der Waals surface area contributed by atoms with Crippen molar-refractivity contribution in [2.75, 3.05) is 4.90 Å². The Kier molecular flexibility index (Phi) is 6.24. The maximum atomic E-state index is 6.50. The molecular weight excluding hydrogens is 679 g/mol. The summed E-state index contributed by atoms with van der Waals surface area (Å²) in [5.41, 5.74) is 12.0. The molecule has 0 aliphatic rings. The highest BCUT2D eigenvalue weighted by Gasteiger charge is 2.25. The first-order valence-corrected chi connectivity index (χ1v) is 18.4. The molecule has 6 heteroatoms. The Labute approximate surface area is 313 Å². The van der Waals surface area contributed by atoms with E-state index in [1.54, 1.807) is 0 Å². The van der Waals surface area contributed by atoms with Crippen LogP contribution in [-0.2, 0) is 0 Å². The third-order valence-corrected chi connectivity index (χ3v) is 10.8. The monoisotopic (exact) mass is 707 g/mol. The van der Waals surface area contributed by atoms with Crippen LogP contribution in [0.4, 0.5) is 17.1 Å². The molecule has 12 rings (SSSR count). The van der Waals surface area contributed by atoms with E-state index < -0.39 is 0 Å². The van der Waals surface area contributed by atoms with Gasteiger partial charge in [-0.15, -0.1) is 0 Å². The number of benzene rings is 8. The first-order valence-electron chi connectivity index (χ1n) is 18.4. The lowest BCUT2D eigenvalue weighted by Crippen LogP contribution is -2.12. The lowest BCUT2D eigenvalue weighted by atomic mass is 10.1. The smallest absolute Gasteiger partial charge is 0.227 e. The van der Waals surface area contributed by atoms with Crippen molar-refractivity contribution in [3.63, 3.8) is 0 Å². The van der Waals surface area contributed by atoms with Gasteiger partial charge in [0.05, 0.1) is 27.8 Å². The topological polar surface area (TPSA) is 60.5 Å². The number of rotatable bonds is 5. The molecule has 8 aromatic carbocycles. The maximum Gasteiger partial charge on any atom is 0.227 e. The molecule has 6 nitrogen and oxygen atoms in total. The summed E-state index contributed by atoms with van der Waals surface area (Å²) in [4.78, 5) is 7.27. The average Bonchev–Trinajstić information content (AvgIpc) is 4.01. The largest absolute Gasteiger partial charge is 0.456 e. The highest BCUT2D eigenvalue weighted by Crippen LogP contribution is 2.48. The minimum absolute atomic E-state index is 0.585. The normalized spacial score (nSPS) is 12.0. The van der Waals surface area contributed by atoms with E-state index in [0.29, 0.717) is 11.5 Å². The first kappa shape index (κ1) is 29.9. The predicted molar refractivity (Wildman–Crippen MR) is 223 cm³/mol. The summed E-state index contributed by atoms with van der Waals surface area (Å²) in [5.74, 6) is 0.585. The third kappa shape index (κ3) is 4.46. The van der Waals surface area contributed by atoms with E-state index in [9.17, 15) is 0 Å². The lowest BCUT2D eigenvalue weighted by molar-refractivity contribution is 0.617. The van der Waals surface area contributed by atoms with E-state index in [1.165, 1.54) is 10.8 Å². The molecule has 258 valence electrons. The van der Waals surface area contributed by atoms with Gasteiger partial charge in [0, 0.05) is 49.9 Å².